The number of nitrogens with one attached hydrogen (secondary N) is 1. The molecule has 0 amide bonds. The van der Waals surface area contributed by atoms with Crippen LogP contribution in [0.2, 0.25) is 10.0 Å². The Balaban J connectivity index is 2.02. The lowest BCUT2D eigenvalue weighted by atomic mass is 10.2. The molecule has 0 unspecified atom stereocenters. The topological polar surface area (TPSA) is 24.9 Å². The predicted molar refractivity (Wildman–Crippen MR) is 92.7 cm³/mol. The zero-order valence-corrected chi connectivity index (χ0v) is 14.9. The summed E-state index contributed by atoms with van der Waals surface area (Å²) >= 11 is 13.8. The molecular formula is C16H20Cl2N2S. The number of aromatic nitrogens is 1. The van der Waals surface area contributed by atoms with Gasteiger partial charge in [-0.2, -0.15) is 0 Å². The van der Waals surface area contributed by atoms with E-state index in [9.17, 15) is 0 Å². The molecule has 0 radical (unpaired) electrons. The highest BCUT2D eigenvalue weighted by molar-refractivity contribution is 7.11. The summed E-state index contributed by atoms with van der Waals surface area (Å²) in [5.41, 5.74) is 2.26. The van der Waals surface area contributed by atoms with E-state index in [2.05, 4.69) is 31.1 Å². The van der Waals surface area contributed by atoms with E-state index in [0.717, 1.165) is 35.8 Å². The third-order valence-electron chi connectivity index (χ3n) is 3.11. The summed E-state index contributed by atoms with van der Waals surface area (Å²) < 4.78 is 0. The molecule has 2 aromatic rings. The van der Waals surface area contributed by atoms with E-state index in [4.69, 9.17) is 23.2 Å². The van der Waals surface area contributed by atoms with Gasteiger partial charge in [0, 0.05) is 17.8 Å². The van der Waals surface area contributed by atoms with Crippen LogP contribution in [0, 0.1) is 12.8 Å². The Morgan fingerprint density at radius 2 is 2.00 bits per heavy atom. The average molecular weight is 343 g/mol. The lowest BCUT2D eigenvalue weighted by Crippen LogP contribution is -2.18. The first-order valence-corrected chi connectivity index (χ1v) is 8.62. The predicted octanol–water partition coefficient (Wildman–Crippen LogP) is 5.09. The Labute approximate surface area is 140 Å². The van der Waals surface area contributed by atoms with Crippen LogP contribution >= 0.6 is 34.5 Å². The highest BCUT2D eigenvalue weighted by Gasteiger charge is 2.09. The van der Waals surface area contributed by atoms with Crippen molar-refractivity contribution in [3.63, 3.8) is 0 Å². The van der Waals surface area contributed by atoms with Crippen molar-refractivity contribution >= 4 is 34.5 Å². The van der Waals surface area contributed by atoms with Gasteiger partial charge in [0.1, 0.15) is 0 Å². The number of halogens is 2. The summed E-state index contributed by atoms with van der Waals surface area (Å²) in [6.45, 7) is 8.41. The first kappa shape index (κ1) is 16.8. The van der Waals surface area contributed by atoms with Crippen molar-refractivity contribution in [2.45, 2.75) is 33.7 Å². The maximum absolute atomic E-state index is 6.06. The molecule has 0 aliphatic heterocycles. The maximum atomic E-state index is 6.06. The quantitative estimate of drug-likeness (QED) is 0.790. The third kappa shape index (κ3) is 4.96. The van der Waals surface area contributed by atoms with Crippen molar-refractivity contribution in [3.8, 4) is 0 Å². The molecule has 1 N–H and O–H groups in total. The highest BCUT2D eigenvalue weighted by atomic mass is 35.5. The van der Waals surface area contributed by atoms with Crippen LogP contribution in [-0.2, 0) is 13.0 Å². The molecule has 0 aliphatic carbocycles. The van der Waals surface area contributed by atoms with Crippen molar-refractivity contribution in [2.75, 3.05) is 6.54 Å². The van der Waals surface area contributed by atoms with Crippen LogP contribution in [0.3, 0.4) is 0 Å². The molecule has 2 rings (SSSR count). The highest BCUT2D eigenvalue weighted by Crippen LogP contribution is 2.26. The zero-order valence-electron chi connectivity index (χ0n) is 12.5. The summed E-state index contributed by atoms with van der Waals surface area (Å²) in [5.74, 6) is 0.661. The number of aryl methyl sites for hydroxylation is 1. The molecule has 0 saturated heterocycles. The number of nitrogens with zero attached hydrogens (tertiary/aromatic N) is 1. The fourth-order valence-electron chi connectivity index (χ4n) is 2.03. The van der Waals surface area contributed by atoms with Crippen molar-refractivity contribution in [3.05, 3.63) is 49.4 Å². The second-order valence-corrected chi connectivity index (χ2v) is 7.55. The monoisotopic (exact) mass is 342 g/mol. The second kappa shape index (κ2) is 7.59. The van der Waals surface area contributed by atoms with Crippen LogP contribution in [0.25, 0.3) is 0 Å². The van der Waals surface area contributed by atoms with Gasteiger partial charge < -0.3 is 5.32 Å². The average Bonchev–Trinajstić information content (AvgIpc) is 2.74. The Hall–Kier alpha value is -0.610. The molecule has 0 aliphatic rings. The van der Waals surface area contributed by atoms with Gasteiger partial charge in [-0.15, -0.1) is 11.3 Å². The van der Waals surface area contributed by atoms with Gasteiger partial charge in [0.25, 0.3) is 0 Å². The summed E-state index contributed by atoms with van der Waals surface area (Å²) in [6, 6.07) is 5.75. The molecule has 1 aromatic heterocycles. The molecule has 114 valence electrons. The lowest BCUT2D eigenvalue weighted by molar-refractivity contribution is 0.554. The van der Waals surface area contributed by atoms with Gasteiger partial charge in [-0.1, -0.05) is 43.1 Å². The van der Waals surface area contributed by atoms with Gasteiger partial charge in [0.2, 0.25) is 0 Å². The van der Waals surface area contributed by atoms with Crippen LogP contribution < -0.4 is 5.32 Å². The molecular weight excluding hydrogens is 323 g/mol. The normalized spacial score (nSPS) is 11.3. The fraction of sp³-hybridized carbons (Fsp3) is 0.438. The van der Waals surface area contributed by atoms with E-state index in [1.54, 1.807) is 11.3 Å². The molecule has 1 heterocycles. The first-order chi connectivity index (χ1) is 9.95. The van der Waals surface area contributed by atoms with Crippen molar-refractivity contribution < 1.29 is 0 Å². The van der Waals surface area contributed by atoms with E-state index in [-0.39, 0.29) is 0 Å². The smallest absolute Gasteiger partial charge is 0.0975 e. The fourth-order valence-corrected chi connectivity index (χ4v) is 3.42. The second-order valence-electron chi connectivity index (χ2n) is 5.57. The minimum Gasteiger partial charge on any atom is -0.312 e. The number of hydrogen-bond acceptors (Lipinski definition) is 3. The molecule has 2 nitrogen and oxygen atoms in total. The molecule has 1 aromatic carbocycles. The Morgan fingerprint density at radius 1 is 1.24 bits per heavy atom. The molecule has 0 saturated carbocycles. The molecule has 0 bridgehead atoms. The van der Waals surface area contributed by atoms with Crippen molar-refractivity contribution in [1.82, 2.24) is 10.3 Å². The van der Waals surface area contributed by atoms with Gasteiger partial charge in [-0.3, -0.25) is 0 Å². The maximum Gasteiger partial charge on any atom is 0.0975 e. The van der Waals surface area contributed by atoms with Crippen LogP contribution in [0.15, 0.2) is 18.2 Å². The van der Waals surface area contributed by atoms with Crippen LogP contribution in [0.4, 0.5) is 0 Å². The summed E-state index contributed by atoms with van der Waals surface area (Å²) in [7, 11) is 0. The SMILES string of the molecule is Cc1nc(Cc2ccc(Cl)c(Cl)c2)sc1CNCC(C)C. The van der Waals surface area contributed by atoms with Gasteiger partial charge in [-0.05, 0) is 37.1 Å². The van der Waals surface area contributed by atoms with E-state index in [1.807, 2.05) is 18.2 Å². The van der Waals surface area contributed by atoms with Crippen LogP contribution in [-0.4, -0.2) is 11.5 Å². The van der Waals surface area contributed by atoms with E-state index in [0.29, 0.717) is 16.0 Å². The van der Waals surface area contributed by atoms with Gasteiger partial charge in [-0.25, -0.2) is 4.98 Å². The number of thiazole rings is 1. The van der Waals surface area contributed by atoms with E-state index < -0.39 is 0 Å². The summed E-state index contributed by atoms with van der Waals surface area (Å²) in [5, 5.41) is 5.78. The molecule has 0 spiro atoms. The molecule has 5 heteroatoms. The van der Waals surface area contributed by atoms with Gasteiger partial charge in [0.05, 0.1) is 20.7 Å². The van der Waals surface area contributed by atoms with Gasteiger partial charge in [0.15, 0.2) is 0 Å². The molecule has 0 fully saturated rings. The Kier molecular flexibility index (Phi) is 6.06. The molecule has 21 heavy (non-hydrogen) atoms. The zero-order chi connectivity index (χ0) is 15.4. The number of hydrogen-bond donors (Lipinski definition) is 1. The number of benzene rings is 1. The molecule has 0 atom stereocenters. The van der Waals surface area contributed by atoms with Crippen molar-refractivity contribution in [2.24, 2.45) is 5.92 Å². The summed E-state index contributed by atoms with van der Waals surface area (Å²) in [6.07, 6.45) is 0.798. The first-order valence-electron chi connectivity index (χ1n) is 7.05. The van der Waals surface area contributed by atoms with E-state index >= 15 is 0 Å². The Bertz CT molecular complexity index is 608. The standard InChI is InChI=1S/C16H20Cl2N2S/c1-10(2)8-19-9-15-11(3)20-16(21-15)7-12-4-5-13(17)14(18)6-12/h4-6,10,19H,7-9H2,1-3H3. The van der Waals surface area contributed by atoms with E-state index in [1.165, 1.54) is 4.88 Å². The minimum absolute atomic E-state index is 0.592. The third-order valence-corrected chi connectivity index (χ3v) is 5.01. The van der Waals surface area contributed by atoms with Crippen LogP contribution in [0.1, 0.15) is 35.0 Å². The Morgan fingerprint density at radius 3 is 2.67 bits per heavy atom. The van der Waals surface area contributed by atoms with Gasteiger partial charge >= 0.3 is 0 Å². The summed E-state index contributed by atoms with van der Waals surface area (Å²) in [4.78, 5) is 5.97. The van der Waals surface area contributed by atoms with Crippen molar-refractivity contribution in [1.29, 1.82) is 0 Å². The van der Waals surface area contributed by atoms with Crippen LogP contribution in [0.5, 0.6) is 0 Å². The minimum atomic E-state index is 0.592. The number of rotatable bonds is 6. The lowest BCUT2D eigenvalue weighted by Gasteiger charge is -2.05. The largest absolute Gasteiger partial charge is 0.312 e.